The normalized spacial score (nSPS) is 21.7. The number of amides is 2. The lowest BCUT2D eigenvalue weighted by molar-refractivity contribution is -0.140. The maximum atomic E-state index is 12.6. The minimum absolute atomic E-state index is 0.0207. The van der Waals surface area contributed by atoms with E-state index in [1.807, 2.05) is 41.3 Å². The molecule has 2 fully saturated rings. The smallest absolute Gasteiger partial charge is 0.237 e. The minimum Gasteiger partial charge on any atom is -0.496 e. The number of piperidine rings is 1. The number of piperazine rings is 1. The fraction of sp³-hybridized carbons (Fsp3) is 0.524. The van der Waals surface area contributed by atoms with Crippen molar-refractivity contribution in [1.82, 2.24) is 15.1 Å². The van der Waals surface area contributed by atoms with Crippen LogP contribution in [0.2, 0.25) is 0 Å². The number of nitrogens with one attached hydrogen (secondary N) is 1. The largest absolute Gasteiger partial charge is 0.496 e. The Morgan fingerprint density at radius 1 is 1.29 bits per heavy atom. The SMILES string of the molecule is COc1ccccc1/C=C/CN1CCNC(=O)[C@H]1CC(=O)N1CCC(O)CC1. The summed E-state index contributed by atoms with van der Waals surface area (Å²) >= 11 is 0. The number of hydrogen-bond donors (Lipinski definition) is 2. The Balaban J connectivity index is 1.61. The predicted molar refractivity (Wildman–Crippen MR) is 107 cm³/mol. The Hall–Kier alpha value is -2.38. The van der Waals surface area contributed by atoms with Crippen LogP contribution in [-0.4, -0.2) is 78.7 Å². The van der Waals surface area contributed by atoms with Crippen molar-refractivity contribution in [1.29, 1.82) is 0 Å². The van der Waals surface area contributed by atoms with Gasteiger partial charge in [-0.3, -0.25) is 14.5 Å². The first-order valence-corrected chi connectivity index (χ1v) is 9.85. The summed E-state index contributed by atoms with van der Waals surface area (Å²) < 4.78 is 5.36. The van der Waals surface area contributed by atoms with Crippen LogP contribution < -0.4 is 10.1 Å². The number of nitrogens with zero attached hydrogens (tertiary/aromatic N) is 2. The van der Waals surface area contributed by atoms with Crippen LogP contribution in [-0.2, 0) is 9.59 Å². The van der Waals surface area contributed by atoms with E-state index in [-0.39, 0.29) is 24.3 Å². The lowest BCUT2D eigenvalue weighted by Crippen LogP contribution is -2.57. The third kappa shape index (κ3) is 5.11. The van der Waals surface area contributed by atoms with Crippen LogP contribution in [0, 0.1) is 0 Å². The average Bonchev–Trinajstić information content (AvgIpc) is 2.71. The van der Waals surface area contributed by atoms with Gasteiger partial charge in [-0.1, -0.05) is 30.4 Å². The van der Waals surface area contributed by atoms with Crippen molar-refractivity contribution in [2.24, 2.45) is 0 Å². The molecule has 1 atom stereocenters. The number of hydrogen-bond acceptors (Lipinski definition) is 5. The van der Waals surface area contributed by atoms with E-state index in [1.165, 1.54) is 0 Å². The first-order chi connectivity index (χ1) is 13.6. The lowest BCUT2D eigenvalue weighted by Gasteiger charge is -2.36. The highest BCUT2D eigenvalue weighted by Gasteiger charge is 2.33. The Morgan fingerprint density at radius 3 is 2.79 bits per heavy atom. The monoisotopic (exact) mass is 387 g/mol. The number of benzene rings is 1. The van der Waals surface area contributed by atoms with Gasteiger partial charge in [-0.25, -0.2) is 0 Å². The van der Waals surface area contributed by atoms with Crippen molar-refractivity contribution in [2.45, 2.75) is 31.4 Å². The summed E-state index contributed by atoms with van der Waals surface area (Å²) in [7, 11) is 1.64. The first-order valence-electron chi connectivity index (χ1n) is 9.85. The molecule has 2 amide bonds. The maximum absolute atomic E-state index is 12.6. The number of aliphatic hydroxyl groups is 1. The third-order valence-corrected chi connectivity index (χ3v) is 5.40. The molecule has 0 aliphatic carbocycles. The van der Waals surface area contributed by atoms with Gasteiger partial charge in [0, 0.05) is 38.3 Å². The molecule has 0 bridgehead atoms. The van der Waals surface area contributed by atoms with Gasteiger partial charge in [0.1, 0.15) is 5.75 Å². The van der Waals surface area contributed by atoms with Gasteiger partial charge in [0.15, 0.2) is 0 Å². The number of aliphatic hydroxyl groups excluding tert-OH is 1. The molecule has 0 aromatic heterocycles. The highest BCUT2D eigenvalue weighted by Crippen LogP contribution is 2.19. The van der Waals surface area contributed by atoms with Crippen molar-refractivity contribution in [3.05, 3.63) is 35.9 Å². The fourth-order valence-electron chi connectivity index (χ4n) is 3.73. The first kappa shape index (κ1) is 20.4. The van der Waals surface area contributed by atoms with E-state index < -0.39 is 6.04 Å². The van der Waals surface area contributed by atoms with Crippen LogP contribution in [0.3, 0.4) is 0 Å². The Bertz CT molecular complexity index is 713. The molecule has 2 aliphatic heterocycles. The zero-order valence-corrected chi connectivity index (χ0v) is 16.3. The van der Waals surface area contributed by atoms with Gasteiger partial charge in [-0.05, 0) is 18.9 Å². The number of ether oxygens (including phenoxy) is 1. The molecule has 0 unspecified atom stereocenters. The zero-order chi connectivity index (χ0) is 19.9. The summed E-state index contributed by atoms with van der Waals surface area (Å²) in [4.78, 5) is 28.9. The van der Waals surface area contributed by atoms with Gasteiger partial charge in [-0.15, -0.1) is 0 Å². The summed E-state index contributed by atoms with van der Waals surface area (Å²) in [6.45, 7) is 2.99. The van der Waals surface area contributed by atoms with Gasteiger partial charge in [-0.2, -0.15) is 0 Å². The van der Waals surface area contributed by atoms with Crippen molar-refractivity contribution < 1.29 is 19.4 Å². The van der Waals surface area contributed by atoms with Crippen LogP contribution >= 0.6 is 0 Å². The molecule has 152 valence electrons. The summed E-state index contributed by atoms with van der Waals surface area (Å²) in [5.74, 6) is 0.684. The summed E-state index contributed by atoms with van der Waals surface area (Å²) in [5, 5.41) is 12.5. The summed E-state index contributed by atoms with van der Waals surface area (Å²) in [6.07, 6.45) is 5.05. The van der Waals surface area contributed by atoms with Gasteiger partial charge < -0.3 is 20.1 Å². The molecule has 28 heavy (non-hydrogen) atoms. The zero-order valence-electron chi connectivity index (χ0n) is 16.3. The second-order valence-corrected chi connectivity index (χ2v) is 7.26. The van der Waals surface area contributed by atoms with Crippen LogP contribution in [0.15, 0.2) is 30.3 Å². The van der Waals surface area contributed by atoms with E-state index in [2.05, 4.69) is 5.32 Å². The molecule has 7 heteroatoms. The number of methoxy groups -OCH3 is 1. The van der Waals surface area contributed by atoms with E-state index >= 15 is 0 Å². The van der Waals surface area contributed by atoms with Crippen molar-refractivity contribution in [2.75, 3.05) is 39.8 Å². The molecule has 2 heterocycles. The molecular formula is C21H29N3O4. The molecule has 2 aliphatic rings. The molecule has 2 N–H and O–H groups in total. The van der Waals surface area contributed by atoms with E-state index in [0.717, 1.165) is 11.3 Å². The molecule has 2 saturated heterocycles. The highest BCUT2D eigenvalue weighted by atomic mass is 16.5. The molecule has 1 aromatic rings. The molecule has 3 rings (SSSR count). The van der Waals surface area contributed by atoms with E-state index in [4.69, 9.17) is 4.74 Å². The molecule has 1 aromatic carbocycles. The highest BCUT2D eigenvalue weighted by molar-refractivity contribution is 5.89. The Kier molecular flexibility index (Phi) is 7.06. The maximum Gasteiger partial charge on any atom is 0.237 e. The predicted octanol–water partition coefficient (Wildman–Crippen LogP) is 0.882. The van der Waals surface area contributed by atoms with Crippen molar-refractivity contribution in [3.8, 4) is 5.75 Å². The number of rotatable bonds is 6. The van der Waals surface area contributed by atoms with E-state index in [9.17, 15) is 14.7 Å². The van der Waals surface area contributed by atoms with Crippen molar-refractivity contribution in [3.63, 3.8) is 0 Å². The third-order valence-electron chi connectivity index (χ3n) is 5.40. The standard InChI is InChI=1S/C21H29N3O4/c1-28-19-7-3-2-5-16(19)6-4-11-23-14-10-22-21(27)18(23)15-20(26)24-12-8-17(25)9-13-24/h2-7,17-18,25H,8-15H2,1H3,(H,22,27)/b6-4+/t18-/m1/s1. The Morgan fingerprint density at radius 2 is 2.04 bits per heavy atom. The van der Waals surface area contributed by atoms with Crippen LogP contribution in [0.1, 0.15) is 24.8 Å². The van der Waals surface area contributed by atoms with Crippen molar-refractivity contribution >= 4 is 17.9 Å². The van der Waals surface area contributed by atoms with Crippen LogP contribution in [0.25, 0.3) is 6.08 Å². The topological polar surface area (TPSA) is 82.1 Å². The molecular weight excluding hydrogens is 358 g/mol. The quantitative estimate of drug-likeness (QED) is 0.757. The molecule has 0 spiro atoms. The lowest BCUT2D eigenvalue weighted by atomic mass is 10.0. The van der Waals surface area contributed by atoms with Crippen LogP contribution in [0.4, 0.5) is 0 Å². The number of carbonyl (C=O) groups excluding carboxylic acids is 2. The number of carbonyl (C=O) groups is 2. The fourth-order valence-corrected chi connectivity index (χ4v) is 3.73. The second-order valence-electron chi connectivity index (χ2n) is 7.26. The molecule has 7 nitrogen and oxygen atoms in total. The van der Waals surface area contributed by atoms with E-state index in [0.29, 0.717) is 45.6 Å². The van der Waals surface area contributed by atoms with Gasteiger partial charge in [0.05, 0.1) is 25.7 Å². The number of likely N-dealkylation sites (tertiary alicyclic amines) is 1. The van der Waals surface area contributed by atoms with Crippen LogP contribution in [0.5, 0.6) is 5.75 Å². The average molecular weight is 387 g/mol. The molecule has 0 saturated carbocycles. The molecule has 0 radical (unpaired) electrons. The van der Waals surface area contributed by atoms with Gasteiger partial charge in [0.25, 0.3) is 0 Å². The van der Waals surface area contributed by atoms with E-state index in [1.54, 1.807) is 12.0 Å². The second kappa shape index (κ2) is 9.71. The number of para-hydroxylation sites is 1. The van der Waals surface area contributed by atoms with Gasteiger partial charge in [0.2, 0.25) is 11.8 Å². The van der Waals surface area contributed by atoms with Gasteiger partial charge >= 0.3 is 0 Å². The summed E-state index contributed by atoms with van der Waals surface area (Å²) in [5.41, 5.74) is 0.978. The minimum atomic E-state index is -0.463. The Labute approximate surface area is 166 Å². The summed E-state index contributed by atoms with van der Waals surface area (Å²) in [6, 6.07) is 7.30.